The van der Waals surface area contributed by atoms with Crippen LogP contribution in [0.1, 0.15) is 27.7 Å². The quantitative estimate of drug-likeness (QED) is 0.439. The molecule has 4 N–H and O–H groups in total. The lowest BCUT2D eigenvalue weighted by molar-refractivity contribution is -0.0814. The summed E-state index contributed by atoms with van der Waals surface area (Å²) in [6.45, 7) is 10.5. The molecule has 0 bridgehead atoms. The van der Waals surface area contributed by atoms with Crippen LogP contribution in [-0.4, -0.2) is 64.2 Å². The molecule has 0 aliphatic carbocycles. The zero-order chi connectivity index (χ0) is 14.5. The van der Waals surface area contributed by atoms with E-state index in [-0.39, 0.29) is 0 Å². The van der Waals surface area contributed by atoms with Crippen LogP contribution in [0.15, 0.2) is 0 Å². The topological polar surface area (TPSA) is 122 Å². The van der Waals surface area contributed by atoms with Crippen molar-refractivity contribution in [2.45, 2.75) is 27.7 Å². The zero-order valence-electron chi connectivity index (χ0n) is 10.7. The summed E-state index contributed by atoms with van der Waals surface area (Å²) >= 11 is 0. The largest absolute Gasteiger partial charge is 0.394 e. The van der Waals surface area contributed by atoms with Gasteiger partial charge in [-0.25, -0.2) is 0 Å². The monoisotopic (exact) mass is 276 g/mol. The summed E-state index contributed by atoms with van der Waals surface area (Å²) in [5.41, 5.74) is 0. The Hall–Kier alpha value is -0.290. The van der Waals surface area contributed by atoms with E-state index in [0.717, 1.165) is 26.2 Å². The van der Waals surface area contributed by atoms with Crippen molar-refractivity contribution in [3.63, 3.8) is 0 Å². The molecule has 0 radical (unpaired) electrons. The number of hydroxylamine groups is 4. The van der Waals surface area contributed by atoms with Crippen LogP contribution in [0.4, 0.5) is 0 Å². The Labute approximate surface area is 103 Å². The molecule has 0 unspecified atom stereocenters. The van der Waals surface area contributed by atoms with Crippen LogP contribution in [0.3, 0.4) is 0 Å². The van der Waals surface area contributed by atoms with Gasteiger partial charge >= 0.3 is 10.4 Å². The Morgan fingerprint density at radius 2 is 0.882 bits per heavy atom. The van der Waals surface area contributed by atoms with Gasteiger partial charge < -0.3 is 10.4 Å². The smallest absolute Gasteiger partial charge is 0.314 e. The van der Waals surface area contributed by atoms with E-state index in [1.54, 1.807) is 0 Å². The average Bonchev–Trinajstić information content (AvgIpc) is 2.25. The van der Waals surface area contributed by atoms with E-state index in [1.807, 2.05) is 27.7 Å². The molecule has 108 valence electrons. The molecule has 0 aliphatic rings. The highest BCUT2D eigenvalue weighted by Crippen LogP contribution is 1.73. The van der Waals surface area contributed by atoms with Crippen molar-refractivity contribution in [3.8, 4) is 0 Å². The van der Waals surface area contributed by atoms with Gasteiger partial charge in [0.15, 0.2) is 0 Å². The molecule has 8 nitrogen and oxygen atoms in total. The molecule has 0 aromatic heterocycles. The van der Waals surface area contributed by atoms with Gasteiger partial charge in [-0.1, -0.05) is 27.7 Å². The first-order valence-corrected chi connectivity index (χ1v) is 6.59. The van der Waals surface area contributed by atoms with Crippen LogP contribution in [0.2, 0.25) is 0 Å². The summed E-state index contributed by atoms with van der Waals surface area (Å²) in [5.74, 6) is 0. The second-order valence-electron chi connectivity index (χ2n) is 2.73. The van der Waals surface area contributed by atoms with Gasteiger partial charge in [-0.3, -0.25) is 9.11 Å². The summed E-state index contributed by atoms with van der Waals surface area (Å²) in [7, 11) is -4.67. The van der Waals surface area contributed by atoms with Crippen molar-refractivity contribution in [1.29, 1.82) is 0 Å². The van der Waals surface area contributed by atoms with E-state index in [1.165, 1.54) is 10.1 Å². The van der Waals surface area contributed by atoms with Crippen LogP contribution in [0, 0.1) is 0 Å². The summed E-state index contributed by atoms with van der Waals surface area (Å²) in [5, 5.41) is 19.5. The van der Waals surface area contributed by atoms with Gasteiger partial charge in [0.05, 0.1) is 0 Å². The molecule has 0 heterocycles. The molecular weight excluding hydrogens is 252 g/mol. The van der Waals surface area contributed by atoms with E-state index in [2.05, 4.69) is 0 Å². The average molecular weight is 276 g/mol. The minimum Gasteiger partial charge on any atom is -0.314 e. The number of rotatable bonds is 4. The molecule has 0 rings (SSSR count). The van der Waals surface area contributed by atoms with Crippen molar-refractivity contribution in [3.05, 3.63) is 0 Å². The van der Waals surface area contributed by atoms with Gasteiger partial charge in [0.25, 0.3) is 0 Å². The second kappa shape index (κ2) is 13.8. The number of hydrogen-bond donors (Lipinski definition) is 4. The predicted molar refractivity (Wildman–Crippen MR) is 63.6 cm³/mol. The van der Waals surface area contributed by atoms with Gasteiger partial charge in [-0.2, -0.15) is 18.5 Å². The highest BCUT2D eigenvalue weighted by molar-refractivity contribution is 7.79. The zero-order valence-corrected chi connectivity index (χ0v) is 11.6. The van der Waals surface area contributed by atoms with E-state index >= 15 is 0 Å². The summed E-state index contributed by atoms with van der Waals surface area (Å²) in [4.78, 5) is 0. The Kier molecular flexibility index (Phi) is 17.8. The lowest BCUT2D eigenvalue weighted by atomic mass is 10.6. The third-order valence-corrected chi connectivity index (χ3v) is 1.46. The lowest BCUT2D eigenvalue weighted by Crippen LogP contribution is -2.16. The molecule has 0 aromatic carbocycles. The highest BCUT2D eigenvalue weighted by atomic mass is 32.3. The summed E-state index contributed by atoms with van der Waals surface area (Å²) < 4.78 is 31.6. The maximum atomic E-state index is 8.74. The van der Waals surface area contributed by atoms with Crippen molar-refractivity contribution < 1.29 is 27.9 Å². The standard InChI is InChI=1S/2C4H11NO.H2O4S/c2*1-3-5(6)4-2;1-5(2,3)4/h2*6H,3-4H2,1-2H3;(H2,1,2,3,4). The summed E-state index contributed by atoms with van der Waals surface area (Å²) in [6.07, 6.45) is 0. The second-order valence-corrected chi connectivity index (χ2v) is 3.62. The molecule has 0 aromatic rings. The van der Waals surface area contributed by atoms with Gasteiger partial charge in [0, 0.05) is 26.2 Å². The van der Waals surface area contributed by atoms with Crippen LogP contribution >= 0.6 is 0 Å². The first kappa shape index (κ1) is 21.9. The molecule has 0 saturated carbocycles. The van der Waals surface area contributed by atoms with Crippen LogP contribution in [0.5, 0.6) is 0 Å². The van der Waals surface area contributed by atoms with Crippen LogP contribution in [0.25, 0.3) is 0 Å². The van der Waals surface area contributed by atoms with Gasteiger partial charge in [-0.05, 0) is 0 Å². The molecule has 0 aliphatic heterocycles. The van der Waals surface area contributed by atoms with Gasteiger partial charge in [-0.15, -0.1) is 0 Å². The lowest BCUT2D eigenvalue weighted by Gasteiger charge is -2.05. The van der Waals surface area contributed by atoms with Crippen LogP contribution < -0.4 is 0 Å². The number of nitrogens with zero attached hydrogens (tertiary/aromatic N) is 2. The first-order chi connectivity index (χ1) is 7.62. The minimum atomic E-state index is -4.67. The molecular formula is C8H24N2O6S. The van der Waals surface area contributed by atoms with E-state index in [9.17, 15) is 0 Å². The fourth-order valence-corrected chi connectivity index (χ4v) is 0.447. The fourth-order valence-electron chi connectivity index (χ4n) is 0.447. The molecule has 0 atom stereocenters. The maximum Gasteiger partial charge on any atom is 0.394 e. The van der Waals surface area contributed by atoms with Crippen molar-refractivity contribution in [1.82, 2.24) is 10.1 Å². The SMILES string of the molecule is CCN(O)CC.CCN(O)CC.O=S(=O)(O)O. The fraction of sp³-hybridized carbons (Fsp3) is 1.00. The Bertz CT molecular complexity index is 208. The van der Waals surface area contributed by atoms with E-state index in [0.29, 0.717) is 0 Å². The normalized spacial score (nSPS) is 10.5. The minimum absolute atomic E-state index is 0.719. The Balaban J connectivity index is -0.000000174. The third-order valence-electron chi connectivity index (χ3n) is 1.46. The molecule has 0 amide bonds. The number of hydrogen-bond acceptors (Lipinski definition) is 6. The molecule has 9 heteroatoms. The Morgan fingerprint density at radius 3 is 0.882 bits per heavy atom. The highest BCUT2D eigenvalue weighted by Gasteiger charge is 1.85. The van der Waals surface area contributed by atoms with Gasteiger partial charge in [0.1, 0.15) is 0 Å². The third kappa shape index (κ3) is 49.7. The van der Waals surface area contributed by atoms with Gasteiger partial charge in [0.2, 0.25) is 0 Å². The molecule has 0 saturated heterocycles. The van der Waals surface area contributed by atoms with Crippen LogP contribution in [-0.2, 0) is 10.4 Å². The first-order valence-electron chi connectivity index (χ1n) is 5.19. The Morgan fingerprint density at radius 1 is 0.765 bits per heavy atom. The van der Waals surface area contributed by atoms with Crippen molar-refractivity contribution in [2.24, 2.45) is 0 Å². The predicted octanol–water partition coefficient (Wildman–Crippen LogP) is 0.782. The molecule has 0 spiro atoms. The van der Waals surface area contributed by atoms with Crippen molar-refractivity contribution >= 4 is 10.4 Å². The molecule has 0 fully saturated rings. The van der Waals surface area contributed by atoms with E-state index < -0.39 is 10.4 Å². The van der Waals surface area contributed by atoms with E-state index in [4.69, 9.17) is 27.9 Å². The van der Waals surface area contributed by atoms with Crippen molar-refractivity contribution in [2.75, 3.05) is 26.2 Å². The summed E-state index contributed by atoms with van der Waals surface area (Å²) in [6, 6.07) is 0. The molecule has 17 heavy (non-hydrogen) atoms. The maximum absolute atomic E-state index is 8.74.